The van der Waals surface area contributed by atoms with E-state index in [2.05, 4.69) is 25.7 Å². The van der Waals surface area contributed by atoms with E-state index >= 15 is 0 Å². The van der Waals surface area contributed by atoms with Gasteiger partial charge in [0.15, 0.2) is 0 Å². The third-order valence-electron chi connectivity index (χ3n) is 11.4. The van der Waals surface area contributed by atoms with Crippen LogP contribution in [0.1, 0.15) is 79.8 Å². The number of hydrogen-bond acceptors (Lipinski definition) is 13. The van der Waals surface area contributed by atoms with Gasteiger partial charge in [-0.15, -0.1) is 0 Å². The molecule has 1 saturated heterocycles. The average Bonchev–Trinajstić information content (AvgIpc) is 4.04. The molecule has 0 atom stereocenters. The zero-order chi connectivity index (χ0) is 45.2. The number of anilines is 2. The Labute approximate surface area is 366 Å². The van der Waals surface area contributed by atoms with Gasteiger partial charge in [0.1, 0.15) is 53.9 Å². The van der Waals surface area contributed by atoms with Crippen molar-refractivity contribution >= 4 is 57.6 Å². The van der Waals surface area contributed by atoms with E-state index in [1.54, 1.807) is 68.7 Å². The number of aryl methyl sites for hydroxylation is 4. The number of nitrogens with zero attached hydrogens (tertiary/aromatic N) is 9. The lowest BCUT2D eigenvalue weighted by molar-refractivity contribution is -0.0773. The maximum atomic E-state index is 13.9. The fraction of sp³-hybridized carbons (Fsp3) is 0.395. The first kappa shape index (κ1) is 43.5. The van der Waals surface area contributed by atoms with E-state index in [-0.39, 0.29) is 62.2 Å². The Morgan fingerprint density at radius 2 is 1.19 bits per heavy atom. The number of aliphatic hydroxyl groups is 1. The summed E-state index contributed by atoms with van der Waals surface area (Å²) in [6, 6.07) is 9.18. The molecule has 6 heterocycles. The quantitative estimate of drug-likeness (QED) is 0.0927. The number of ether oxygens (including phenoxy) is 3. The highest BCUT2D eigenvalue weighted by Gasteiger charge is 2.30. The molecule has 336 valence electrons. The van der Waals surface area contributed by atoms with Gasteiger partial charge in [0, 0.05) is 50.4 Å². The molecule has 0 aliphatic carbocycles. The Morgan fingerprint density at radius 1 is 0.734 bits per heavy atom. The van der Waals surface area contributed by atoms with Crippen molar-refractivity contribution < 1.29 is 38.5 Å². The van der Waals surface area contributed by atoms with Gasteiger partial charge in [-0.1, -0.05) is 12.2 Å². The van der Waals surface area contributed by atoms with Crippen LogP contribution in [-0.4, -0.2) is 118 Å². The van der Waals surface area contributed by atoms with Crippen LogP contribution in [0, 0.1) is 13.8 Å². The van der Waals surface area contributed by atoms with Crippen LogP contribution in [0.15, 0.2) is 48.6 Å². The van der Waals surface area contributed by atoms with Crippen molar-refractivity contribution in [1.82, 2.24) is 43.6 Å². The summed E-state index contributed by atoms with van der Waals surface area (Å²) >= 11 is 0. The van der Waals surface area contributed by atoms with Crippen molar-refractivity contribution in [3.63, 3.8) is 0 Å². The number of benzene rings is 2. The van der Waals surface area contributed by atoms with Gasteiger partial charge in [-0.25, -0.2) is 9.97 Å². The number of carbonyl (C=O) groups is 4. The van der Waals surface area contributed by atoms with Gasteiger partial charge in [-0.05, 0) is 76.9 Å². The molecule has 0 saturated carbocycles. The summed E-state index contributed by atoms with van der Waals surface area (Å²) in [4.78, 5) is 65.0. The highest BCUT2D eigenvalue weighted by atomic mass is 16.6. The number of hydrogen-bond donors (Lipinski definition) is 5. The fourth-order valence-electron chi connectivity index (χ4n) is 8.28. The Bertz CT molecular complexity index is 2620. The molecule has 0 bridgehead atoms. The molecule has 0 spiro atoms. The van der Waals surface area contributed by atoms with E-state index < -0.39 is 29.7 Å². The summed E-state index contributed by atoms with van der Waals surface area (Å²) in [5.41, 5.74) is 15.7. The van der Waals surface area contributed by atoms with Crippen molar-refractivity contribution in [2.45, 2.75) is 78.9 Å². The second-order valence-corrected chi connectivity index (χ2v) is 15.7. The van der Waals surface area contributed by atoms with Gasteiger partial charge >= 0.3 is 0 Å². The highest BCUT2D eigenvalue weighted by molar-refractivity contribution is 6.05. The van der Waals surface area contributed by atoms with Crippen molar-refractivity contribution in [3.05, 3.63) is 82.5 Å². The summed E-state index contributed by atoms with van der Waals surface area (Å²) in [6.07, 6.45) is 4.83. The Morgan fingerprint density at radius 3 is 1.59 bits per heavy atom. The van der Waals surface area contributed by atoms with Gasteiger partial charge in [0.25, 0.3) is 11.8 Å². The Balaban J connectivity index is 1.26. The molecule has 2 aromatic carbocycles. The number of likely N-dealkylation sites (tertiary alicyclic amines) is 1. The molecular formula is C43H51N13O8. The number of imidazole rings is 2. The van der Waals surface area contributed by atoms with Crippen LogP contribution in [0.2, 0.25) is 0 Å². The lowest BCUT2D eigenvalue weighted by Crippen LogP contribution is -2.48. The average molecular weight is 878 g/mol. The molecule has 64 heavy (non-hydrogen) atoms. The predicted molar refractivity (Wildman–Crippen MR) is 234 cm³/mol. The normalized spacial score (nSPS) is 15.9. The second kappa shape index (κ2) is 18.3. The maximum Gasteiger partial charge on any atom is 0.276 e. The lowest BCUT2D eigenvalue weighted by Gasteiger charge is -2.37. The van der Waals surface area contributed by atoms with Gasteiger partial charge < -0.3 is 39.9 Å². The van der Waals surface area contributed by atoms with Crippen molar-refractivity contribution in [2.75, 3.05) is 43.7 Å². The molecule has 7 N–H and O–H groups in total. The van der Waals surface area contributed by atoms with Crippen molar-refractivity contribution in [3.8, 4) is 11.5 Å². The summed E-state index contributed by atoms with van der Waals surface area (Å²) in [5, 5.41) is 24.2. The number of nitrogens with two attached hydrogens (primary N) is 2. The number of rotatable bonds is 11. The first-order chi connectivity index (χ1) is 30.8. The highest BCUT2D eigenvalue weighted by Crippen LogP contribution is 2.34. The van der Waals surface area contributed by atoms with Gasteiger partial charge in [-0.3, -0.25) is 44.1 Å². The summed E-state index contributed by atoms with van der Waals surface area (Å²) in [5.74, 6) is -1.33. The van der Waals surface area contributed by atoms with Gasteiger partial charge in [0.05, 0.1) is 34.6 Å². The number of allylic oxidation sites excluding steroid dienone is 2. The fourth-order valence-corrected chi connectivity index (χ4v) is 8.28. The first-order valence-corrected chi connectivity index (χ1v) is 21.1. The molecule has 8 rings (SSSR count). The van der Waals surface area contributed by atoms with Crippen molar-refractivity contribution in [1.29, 1.82) is 0 Å². The minimum absolute atomic E-state index is 0.0459. The topological polar surface area (TPSA) is 267 Å². The van der Waals surface area contributed by atoms with E-state index in [0.29, 0.717) is 95.4 Å². The molecule has 21 heteroatoms. The lowest BCUT2D eigenvalue weighted by atomic mass is 10.1. The SMILES string of the molecule is CCn1nc(C)cc1C(=O)Nc1nc2cc(C(N)=O)cc3c2n1C/C=C/Cn1c(NC(=O)c2cc(C)nn2CC)nc2cc(C(N)=O)cc(c21)OCC(N1CCC(OCO)CC1)CO3. The number of nitrogens with one attached hydrogen (secondary N) is 2. The van der Waals surface area contributed by atoms with E-state index in [1.807, 2.05) is 26.0 Å². The summed E-state index contributed by atoms with van der Waals surface area (Å²) in [6.45, 7) is 9.48. The predicted octanol–water partition coefficient (Wildman–Crippen LogP) is 2.97. The molecule has 4 aromatic heterocycles. The third kappa shape index (κ3) is 8.76. The van der Waals surface area contributed by atoms with Crippen LogP contribution in [-0.2, 0) is 30.9 Å². The minimum Gasteiger partial charge on any atom is -0.490 e. The minimum atomic E-state index is -0.697. The summed E-state index contributed by atoms with van der Waals surface area (Å²) < 4.78 is 25.6. The van der Waals surface area contributed by atoms with Crippen LogP contribution in [0.5, 0.6) is 11.5 Å². The number of aromatic nitrogens is 8. The Hall–Kier alpha value is -7.10. The molecule has 21 nitrogen and oxygen atoms in total. The number of primary amides is 2. The van der Waals surface area contributed by atoms with E-state index in [0.717, 1.165) is 0 Å². The van der Waals surface area contributed by atoms with E-state index in [1.165, 1.54) is 0 Å². The van der Waals surface area contributed by atoms with Crippen LogP contribution in [0.25, 0.3) is 22.1 Å². The molecule has 4 amide bonds. The number of amides is 4. The molecular weight excluding hydrogens is 827 g/mol. The monoisotopic (exact) mass is 877 g/mol. The standard InChI is InChI=1S/C43H51N13O8/c1-5-55-32(15-24(3)50-55)40(60)48-42-46-30-17-26(38(44)58)19-34-36(30)53(42)11-7-8-12-54-37-31(47-43(54)49-41(61)33-16-25(4)51-56(33)6-2)18-27(39(45)59)20-35(37)63-22-28(21-62-34)52-13-9-29(10-14-52)64-23-57/h7-8,15-20,28-29,57H,5-6,9-14,21-23H2,1-4H3,(H2,44,58)(H2,45,59)(H,46,48,60)(H,47,49,61)/b8-7+. The van der Waals surface area contributed by atoms with Crippen LogP contribution in [0.3, 0.4) is 0 Å². The number of carbonyl (C=O) groups excluding carboxylic acids is 4. The number of piperidine rings is 1. The zero-order valence-electron chi connectivity index (χ0n) is 36.0. The van der Waals surface area contributed by atoms with Crippen molar-refractivity contribution in [2.24, 2.45) is 11.5 Å². The summed E-state index contributed by atoms with van der Waals surface area (Å²) in [7, 11) is 0. The smallest absolute Gasteiger partial charge is 0.276 e. The molecule has 2 aliphatic heterocycles. The number of aliphatic hydroxyl groups excluding tert-OH is 1. The maximum absolute atomic E-state index is 13.9. The Kier molecular flexibility index (Phi) is 12.5. The molecule has 0 unspecified atom stereocenters. The largest absolute Gasteiger partial charge is 0.490 e. The van der Waals surface area contributed by atoms with Gasteiger partial charge in [-0.2, -0.15) is 10.2 Å². The molecule has 1 fully saturated rings. The third-order valence-corrected chi connectivity index (χ3v) is 11.4. The molecule has 2 aliphatic rings. The zero-order valence-corrected chi connectivity index (χ0v) is 36.0. The van der Waals surface area contributed by atoms with Crippen LogP contribution < -0.4 is 31.6 Å². The van der Waals surface area contributed by atoms with Crippen LogP contribution >= 0.6 is 0 Å². The van der Waals surface area contributed by atoms with E-state index in [4.69, 9.17) is 35.6 Å². The van der Waals surface area contributed by atoms with E-state index in [9.17, 15) is 24.3 Å². The van der Waals surface area contributed by atoms with Crippen LogP contribution in [0.4, 0.5) is 11.9 Å². The molecule has 0 radical (unpaired) electrons. The molecule has 6 aromatic rings. The first-order valence-electron chi connectivity index (χ1n) is 21.1. The second-order valence-electron chi connectivity index (χ2n) is 15.7. The van der Waals surface area contributed by atoms with Gasteiger partial charge in [0.2, 0.25) is 23.7 Å².